The molecule has 1 fully saturated rings. The van der Waals surface area contributed by atoms with Gasteiger partial charge in [0.05, 0.1) is 18.8 Å². The summed E-state index contributed by atoms with van der Waals surface area (Å²) in [6, 6.07) is 17.1. The van der Waals surface area contributed by atoms with Crippen molar-refractivity contribution in [3.63, 3.8) is 0 Å². The molecule has 1 aliphatic heterocycles. The zero-order chi connectivity index (χ0) is 23.2. The van der Waals surface area contributed by atoms with Crippen molar-refractivity contribution >= 4 is 23.4 Å². The van der Waals surface area contributed by atoms with Crippen molar-refractivity contribution in [3.8, 4) is 0 Å². The van der Waals surface area contributed by atoms with Crippen LogP contribution in [0.3, 0.4) is 0 Å². The van der Waals surface area contributed by atoms with E-state index < -0.39 is 6.29 Å². The Morgan fingerprint density at radius 3 is 2.52 bits per heavy atom. The first-order valence-corrected chi connectivity index (χ1v) is 11.8. The van der Waals surface area contributed by atoms with E-state index in [-0.39, 0.29) is 30.6 Å². The fraction of sp³-hybridized carbons (Fsp3) is 0.320. The van der Waals surface area contributed by atoms with E-state index in [2.05, 4.69) is 22.2 Å². The number of nitrogens with one attached hydrogen (secondary N) is 1. The van der Waals surface area contributed by atoms with E-state index in [1.54, 1.807) is 30.2 Å². The number of carbonyl (C=O) groups excluding carboxylic acids is 1. The highest BCUT2D eigenvalue weighted by Gasteiger charge is 2.38. The molecule has 4 atom stereocenters. The lowest BCUT2D eigenvalue weighted by Gasteiger charge is -2.41. The number of aromatic nitrogens is 2. The van der Waals surface area contributed by atoms with Crippen molar-refractivity contribution in [3.05, 3.63) is 83.7 Å². The summed E-state index contributed by atoms with van der Waals surface area (Å²) in [6.45, 7) is 3.60. The van der Waals surface area contributed by atoms with Crippen molar-refractivity contribution < 1.29 is 19.4 Å². The molecule has 0 radical (unpaired) electrons. The fourth-order valence-corrected chi connectivity index (χ4v) is 4.76. The Morgan fingerprint density at radius 2 is 1.82 bits per heavy atom. The minimum atomic E-state index is -0.597. The van der Waals surface area contributed by atoms with Gasteiger partial charge in [0.15, 0.2) is 11.4 Å². The van der Waals surface area contributed by atoms with Crippen molar-refractivity contribution in [1.29, 1.82) is 0 Å². The van der Waals surface area contributed by atoms with Gasteiger partial charge in [0.25, 0.3) is 0 Å². The van der Waals surface area contributed by atoms with E-state index in [1.807, 2.05) is 48.5 Å². The zero-order valence-corrected chi connectivity index (χ0v) is 19.4. The van der Waals surface area contributed by atoms with Gasteiger partial charge in [-0.15, -0.1) is 0 Å². The molecule has 2 aromatic carbocycles. The molecule has 8 heteroatoms. The number of rotatable bonds is 7. The molecule has 1 aliphatic rings. The number of hydrogen-bond acceptors (Lipinski definition) is 7. The van der Waals surface area contributed by atoms with Crippen LogP contribution in [0.25, 0.3) is 0 Å². The summed E-state index contributed by atoms with van der Waals surface area (Å²) < 4.78 is 12.9. The van der Waals surface area contributed by atoms with Gasteiger partial charge in [0, 0.05) is 42.2 Å². The summed E-state index contributed by atoms with van der Waals surface area (Å²) in [7, 11) is 0. The summed E-state index contributed by atoms with van der Waals surface area (Å²) in [5, 5.41) is 12.9. The van der Waals surface area contributed by atoms with Crippen molar-refractivity contribution in [1.82, 2.24) is 9.97 Å². The SMILES string of the molecule is CC(=O)Nc1cccc([C@@H]2O[C@H](CSc3ncccn3)[C@H](C)[C@H](c3ccc(CO)cc3)O2)c1. The van der Waals surface area contributed by atoms with E-state index >= 15 is 0 Å². The van der Waals surface area contributed by atoms with Gasteiger partial charge in [0.1, 0.15) is 0 Å². The van der Waals surface area contributed by atoms with Crippen LogP contribution in [0.5, 0.6) is 0 Å². The van der Waals surface area contributed by atoms with Gasteiger partial charge in [0.2, 0.25) is 5.91 Å². The van der Waals surface area contributed by atoms with Crippen LogP contribution in [0.4, 0.5) is 5.69 Å². The van der Waals surface area contributed by atoms with Crippen molar-refractivity contribution in [2.75, 3.05) is 11.1 Å². The highest BCUT2D eigenvalue weighted by molar-refractivity contribution is 7.99. The highest BCUT2D eigenvalue weighted by atomic mass is 32.2. The van der Waals surface area contributed by atoms with E-state index in [4.69, 9.17) is 9.47 Å². The number of hydrogen-bond donors (Lipinski definition) is 2. The third-order valence-electron chi connectivity index (χ3n) is 5.52. The molecule has 4 rings (SSSR count). The van der Waals surface area contributed by atoms with Crippen molar-refractivity contribution in [2.45, 2.75) is 44.1 Å². The van der Waals surface area contributed by atoms with Crippen LogP contribution in [0, 0.1) is 5.92 Å². The van der Waals surface area contributed by atoms with Crippen LogP contribution < -0.4 is 5.32 Å². The first-order chi connectivity index (χ1) is 16.0. The maximum absolute atomic E-state index is 11.5. The fourth-order valence-electron chi connectivity index (χ4n) is 3.79. The van der Waals surface area contributed by atoms with Crippen LogP contribution in [0.2, 0.25) is 0 Å². The molecular weight excluding hydrogens is 438 g/mol. The number of nitrogens with zero attached hydrogens (tertiary/aromatic N) is 2. The normalized spacial score (nSPS) is 22.6. The quantitative estimate of drug-likeness (QED) is 0.392. The molecule has 0 bridgehead atoms. The lowest BCUT2D eigenvalue weighted by Crippen LogP contribution is -2.38. The first-order valence-electron chi connectivity index (χ1n) is 10.8. The average Bonchev–Trinajstić information content (AvgIpc) is 2.84. The number of thioether (sulfide) groups is 1. The molecule has 1 saturated heterocycles. The van der Waals surface area contributed by atoms with Gasteiger partial charge < -0.3 is 19.9 Å². The number of anilines is 1. The Morgan fingerprint density at radius 1 is 1.06 bits per heavy atom. The second-order valence-corrected chi connectivity index (χ2v) is 8.96. The Labute approximate surface area is 197 Å². The van der Waals surface area contributed by atoms with Gasteiger partial charge in [-0.2, -0.15) is 0 Å². The minimum Gasteiger partial charge on any atom is -0.392 e. The monoisotopic (exact) mass is 465 g/mol. The summed E-state index contributed by atoms with van der Waals surface area (Å²) in [5.41, 5.74) is 3.40. The van der Waals surface area contributed by atoms with Crippen LogP contribution in [0.1, 0.15) is 42.9 Å². The molecule has 7 nitrogen and oxygen atoms in total. The largest absolute Gasteiger partial charge is 0.392 e. The number of ether oxygens (including phenoxy) is 2. The number of carbonyl (C=O) groups is 1. The van der Waals surface area contributed by atoms with E-state index in [0.29, 0.717) is 16.6 Å². The Hall–Kier alpha value is -2.78. The van der Waals surface area contributed by atoms with Crippen LogP contribution in [-0.2, 0) is 20.9 Å². The Balaban J connectivity index is 1.60. The van der Waals surface area contributed by atoms with Gasteiger partial charge >= 0.3 is 0 Å². The second kappa shape index (κ2) is 10.9. The highest BCUT2D eigenvalue weighted by Crippen LogP contribution is 2.43. The Bertz CT molecular complexity index is 1060. The van der Waals surface area contributed by atoms with Crippen LogP contribution >= 0.6 is 11.8 Å². The molecule has 3 aromatic rings. The van der Waals surface area contributed by atoms with Crippen molar-refractivity contribution in [2.24, 2.45) is 5.92 Å². The lowest BCUT2D eigenvalue weighted by molar-refractivity contribution is -0.268. The molecule has 33 heavy (non-hydrogen) atoms. The molecule has 1 amide bonds. The topological polar surface area (TPSA) is 93.6 Å². The maximum atomic E-state index is 11.5. The number of amides is 1. The standard InChI is InChI=1S/C25H27N3O4S/c1-16-22(15-33-25-26-11-4-12-27-25)31-24(20-5-3-6-21(13-20)28-17(2)30)32-23(16)19-9-7-18(14-29)8-10-19/h3-13,16,22-24,29H,14-15H2,1-2H3,(H,28,30)/t16-,22+,23+,24+/m0/s1. The third kappa shape index (κ3) is 5.97. The molecule has 0 saturated carbocycles. The second-order valence-electron chi connectivity index (χ2n) is 7.97. The predicted molar refractivity (Wildman–Crippen MR) is 126 cm³/mol. The number of aliphatic hydroxyl groups is 1. The zero-order valence-electron chi connectivity index (χ0n) is 18.5. The first kappa shape index (κ1) is 23.4. The maximum Gasteiger partial charge on any atom is 0.221 e. The molecule has 172 valence electrons. The molecule has 2 heterocycles. The average molecular weight is 466 g/mol. The van der Waals surface area contributed by atoms with E-state index in [1.165, 1.54) is 6.92 Å². The van der Waals surface area contributed by atoms with Gasteiger partial charge in [-0.05, 0) is 29.3 Å². The molecule has 1 aromatic heterocycles. The molecule has 0 spiro atoms. The summed E-state index contributed by atoms with van der Waals surface area (Å²) in [4.78, 5) is 20.1. The molecular formula is C25H27N3O4S. The minimum absolute atomic E-state index is 0.000620. The summed E-state index contributed by atoms with van der Waals surface area (Å²) >= 11 is 1.55. The molecule has 2 N–H and O–H groups in total. The van der Waals surface area contributed by atoms with Crippen LogP contribution in [0.15, 0.2) is 72.1 Å². The van der Waals surface area contributed by atoms with E-state index in [9.17, 15) is 9.90 Å². The number of aliphatic hydroxyl groups excluding tert-OH is 1. The molecule has 0 aliphatic carbocycles. The predicted octanol–water partition coefficient (Wildman–Crippen LogP) is 4.51. The Kier molecular flexibility index (Phi) is 7.72. The molecule has 0 unspecified atom stereocenters. The number of benzene rings is 2. The third-order valence-corrected chi connectivity index (χ3v) is 6.49. The van der Waals surface area contributed by atoms with Gasteiger partial charge in [-0.3, -0.25) is 4.79 Å². The smallest absolute Gasteiger partial charge is 0.221 e. The van der Waals surface area contributed by atoms with Gasteiger partial charge in [-0.1, -0.05) is 55.1 Å². The van der Waals surface area contributed by atoms with Gasteiger partial charge in [-0.25, -0.2) is 9.97 Å². The summed E-state index contributed by atoms with van der Waals surface area (Å²) in [6.07, 6.45) is 2.53. The van der Waals surface area contributed by atoms with E-state index in [0.717, 1.165) is 16.7 Å². The lowest BCUT2D eigenvalue weighted by atomic mass is 9.91. The van der Waals surface area contributed by atoms with Crippen LogP contribution in [-0.4, -0.2) is 32.8 Å². The summed E-state index contributed by atoms with van der Waals surface area (Å²) in [5.74, 6) is 0.600.